The number of amides is 1. The van der Waals surface area contributed by atoms with Gasteiger partial charge in [0.1, 0.15) is 17.4 Å². The number of nitrogens with one attached hydrogen (secondary N) is 1. The molecule has 2 aromatic rings. The van der Waals surface area contributed by atoms with Crippen LogP contribution < -0.4 is 10.1 Å². The third-order valence-corrected chi connectivity index (χ3v) is 4.54. The lowest BCUT2D eigenvalue weighted by Gasteiger charge is -2.09. The van der Waals surface area contributed by atoms with Gasteiger partial charge in [0.2, 0.25) is 0 Å². The molecular weight excluding hydrogens is 461 g/mol. The van der Waals surface area contributed by atoms with Gasteiger partial charge in [-0.05, 0) is 39.7 Å². The monoisotopic (exact) mass is 469 g/mol. The highest BCUT2D eigenvalue weighted by Gasteiger charge is 2.18. The van der Waals surface area contributed by atoms with E-state index in [1.807, 2.05) is 0 Å². The predicted molar refractivity (Wildman–Crippen MR) is 106 cm³/mol. The summed E-state index contributed by atoms with van der Waals surface area (Å²) in [5.74, 6) is -0.165. The molecule has 1 N–H and O–H groups in total. The molecular formula is C17H10BrCl2N3O4. The molecule has 0 heterocycles. The number of methoxy groups -OCH3 is 1. The number of hydrogen-bond acceptors (Lipinski definition) is 5. The van der Waals surface area contributed by atoms with E-state index in [1.54, 1.807) is 24.3 Å². The van der Waals surface area contributed by atoms with Crippen molar-refractivity contribution in [1.29, 1.82) is 5.26 Å². The van der Waals surface area contributed by atoms with Crippen molar-refractivity contribution in [3.8, 4) is 11.8 Å². The third kappa shape index (κ3) is 4.98. The Kier molecular flexibility index (Phi) is 6.80. The minimum Gasteiger partial charge on any atom is -0.496 e. The third-order valence-electron chi connectivity index (χ3n) is 3.33. The summed E-state index contributed by atoms with van der Waals surface area (Å²) in [6, 6.07) is 8.92. The molecule has 0 atom stereocenters. The van der Waals surface area contributed by atoms with E-state index in [9.17, 15) is 20.2 Å². The molecule has 0 aromatic heterocycles. The van der Waals surface area contributed by atoms with Crippen LogP contribution in [0.25, 0.3) is 6.08 Å². The molecule has 0 spiro atoms. The van der Waals surface area contributed by atoms with Crippen molar-refractivity contribution in [1.82, 2.24) is 0 Å². The highest BCUT2D eigenvalue weighted by molar-refractivity contribution is 9.10. The van der Waals surface area contributed by atoms with Crippen LogP contribution in [-0.4, -0.2) is 17.9 Å². The Hall–Kier alpha value is -2.60. The number of nitro groups is 1. The molecule has 0 saturated heterocycles. The van der Waals surface area contributed by atoms with E-state index in [4.69, 9.17) is 27.9 Å². The number of nitro benzene ring substituents is 1. The molecule has 0 aliphatic carbocycles. The lowest BCUT2D eigenvalue weighted by atomic mass is 10.1. The Morgan fingerprint density at radius 1 is 1.33 bits per heavy atom. The van der Waals surface area contributed by atoms with Gasteiger partial charge in [-0.2, -0.15) is 5.26 Å². The van der Waals surface area contributed by atoms with E-state index in [1.165, 1.54) is 13.2 Å². The molecule has 0 radical (unpaired) electrons. The number of benzene rings is 2. The van der Waals surface area contributed by atoms with Crippen molar-refractivity contribution >= 4 is 62.5 Å². The van der Waals surface area contributed by atoms with Crippen LogP contribution in [0.15, 0.2) is 40.4 Å². The smallest absolute Gasteiger partial charge is 0.272 e. The molecule has 10 heteroatoms. The van der Waals surface area contributed by atoms with Crippen molar-refractivity contribution in [2.45, 2.75) is 0 Å². The summed E-state index contributed by atoms with van der Waals surface area (Å²) in [7, 11) is 1.52. The lowest BCUT2D eigenvalue weighted by Crippen LogP contribution is -2.14. The number of ether oxygens (including phenoxy) is 1. The van der Waals surface area contributed by atoms with Crippen molar-refractivity contribution < 1.29 is 14.5 Å². The first-order valence-corrected chi connectivity index (χ1v) is 8.71. The number of halogens is 3. The zero-order valence-electron chi connectivity index (χ0n) is 13.6. The van der Waals surface area contributed by atoms with Crippen LogP contribution in [0.1, 0.15) is 5.56 Å². The van der Waals surface area contributed by atoms with Gasteiger partial charge in [0.15, 0.2) is 0 Å². The second-order valence-corrected chi connectivity index (χ2v) is 6.73. The van der Waals surface area contributed by atoms with Gasteiger partial charge in [0, 0.05) is 12.1 Å². The minimum absolute atomic E-state index is 0.0222. The SMILES string of the molecule is COc1ccc(/C=C(\C#N)C(=O)Nc2c(Cl)cc([N+](=O)[O-])cc2Cl)cc1Br. The maximum Gasteiger partial charge on any atom is 0.272 e. The average molecular weight is 471 g/mol. The number of hydrogen-bond donors (Lipinski definition) is 1. The van der Waals surface area contributed by atoms with E-state index in [0.717, 1.165) is 12.1 Å². The zero-order chi connectivity index (χ0) is 20.1. The van der Waals surface area contributed by atoms with Crippen LogP contribution in [-0.2, 0) is 4.79 Å². The van der Waals surface area contributed by atoms with Crippen molar-refractivity contribution in [2.24, 2.45) is 0 Å². The van der Waals surface area contributed by atoms with Gasteiger partial charge in [0.25, 0.3) is 11.6 Å². The molecule has 0 aliphatic heterocycles. The first kappa shape index (κ1) is 20.7. The molecule has 27 heavy (non-hydrogen) atoms. The summed E-state index contributed by atoms with van der Waals surface area (Å²) in [4.78, 5) is 22.5. The molecule has 0 saturated carbocycles. The summed E-state index contributed by atoms with van der Waals surface area (Å²) in [5, 5.41) is 22.3. The predicted octanol–water partition coefficient (Wildman–Crippen LogP) is 5.22. The number of nitriles is 1. The van der Waals surface area contributed by atoms with Crippen LogP contribution in [0.3, 0.4) is 0 Å². The molecule has 2 rings (SSSR count). The van der Waals surface area contributed by atoms with E-state index >= 15 is 0 Å². The summed E-state index contributed by atoms with van der Waals surface area (Å²) in [6.45, 7) is 0. The number of rotatable bonds is 5. The molecule has 0 aliphatic rings. The average Bonchev–Trinajstić information content (AvgIpc) is 2.62. The molecule has 0 bridgehead atoms. The molecule has 0 fully saturated rings. The maximum atomic E-state index is 12.4. The number of carbonyl (C=O) groups excluding carboxylic acids is 1. The Balaban J connectivity index is 2.32. The normalized spacial score (nSPS) is 10.9. The zero-order valence-corrected chi connectivity index (χ0v) is 16.7. The summed E-state index contributed by atoms with van der Waals surface area (Å²) in [6.07, 6.45) is 1.37. The van der Waals surface area contributed by atoms with Gasteiger partial charge in [-0.1, -0.05) is 29.3 Å². The van der Waals surface area contributed by atoms with Gasteiger partial charge in [-0.25, -0.2) is 0 Å². The summed E-state index contributed by atoms with van der Waals surface area (Å²) in [5.41, 5.74) is 0.0287. The number of non-ortho nitro benzene ring substituents is 1. The molecule has 1 amide bonds. The fourth-order valence-electron chi connectivity index (χ4n) is 2.05. The van der Waals surface area contributed by atoms with Crippen LogP contribution in [0, 0.1) is 21.4 Å². The van der Waals surface area contributed by atoms with Gasteiger partial charge in [-0.3, -0.25) is 14.9 Å². The highest BCUT2D eigenvalue weighted by atomic mass is 79.9. The summed E-state index contributed by atoms with van der Waals surface area (Å²) >= 11 is 15.2. The quantitative estimate of drug-likeness (QED) is 0.279. The largest absolute Gasteiger partial charge is 0.496 e. The van der Waals surface area contributed by atoms with Crippen LogP contribution >= 0.6 is 39.1 Å². The fraction of sp³-hybridized carbons (Fsp3) is 0.0588. The van der Waals surface area contributed by atoms with E-state index in [-0.39, 0.29) is 27.0 Å². The minimum atomic E-state index is -0.762. The summed E-state index contributed by atoms with van der Waals surface area (Å²) < 4.78 is 5.77. The van der Waals surface area contributed by atoms with Gasteiger partial charge in [0.05, 0.1) is 32.2 Å². The number of anilines is 1. The first-order chi connectivity index (χ1) is 12.8. The highest BCUT2D eigenvalue weighted by Crippen LogP contribution is 2.35. The first-order valence-electron chi connectivity index (χ1n) is 7.17. The molecule has 2 aromatic carbocycles. The molecule has 7 nitrogen and oxygen atoms in total. The molecule has 0 unspecified atom stereocenters. The van der Waals surface area contributed by atoms with Gasteiger partial charge >= 0.3 is 0 Å². The Morgan fingerprint density at radius 2 is 1.96 bits per heavy atom. The maximum absolute atomic E-state index is 12.4. The second kappa shape index (κ2) is 8.86. The number of nitrogens with zero attached hydrogens (tertiary/aromatic N) is 2. The molecule has 138 valence electrons. The topological polar surface area (TPSA) is 105 Å². The van der Waals surface area contributed by atoms with Crippen molar-refractivity contribution in [3.63, 3.8) is 0 Å². The van der Waals surface area contributed by atoms with Gasteiger partial charge < -0.3 is 10.1 Å². The fourth-order valence-corrected chi connectivity index (χ4v) is 3.18. The van der Waals surface area contributed by atoms with E-state index in [0.29, 0.717) is 15.8 Å². The van der Waals surface area contributed by atoms with Crippen LogP contribution in [0.2, 0.25) is 10.0 Å². The lowest BCUT2D eigenvalue weighted by molar-refractivity contribution is -0.384. The Bertz CT molecular complexity index is 979. The van der Waals surface area contributed by atoms with Crippen LogP contribution in [0.5, 0.6) is 5.75 Å². The Morgan fingerprint density at radius 3 is 2.44 bits per heavy atom. The second-order valence-electron chi connectivity index (χ2n) is 5.06. The van der Waals surface area contributed by atoms with Crippen molar-refractivity contribution in [2.75, 3.05) is 12.4 Å². The van der Waals surface area contributed by atoms with E-state index < -0.39 is 10.8 Å². The number of carbonyl (C=O) groups is 1. The van der Waals surface area contributed by atoms with Gasteiger partial charge in [-0.15, -0.1) is 0 Å². The standard InChI is InChI=1S/C17H10BrCl2N3O4/c1-27-15-3-2-9(5-12(15)18)4-10(8-21)17(24)22-16-13(19)6-11(23(25)26)7-14(16)20/h2-7H,1H3,(H,22,24)/b10-4+. The van der Waals surface area contributed by atoms with E-state index in [2.05, 4.69) is 21.2 Å². The van der Waals surface area contributed by atoms with Crippen molar-refractivity contribution in [3.05, 3.63) is 66.1 Å². The Labute approximate surface area is 172 Å². The van der Waals surface area contributed by atoms with Crippen LogP contribution in [0.4, 0.5) is 11.4 Å².